The van der Waals surface area contributed by atoms with Gasteiger partial charge in [-0.05, 0) is 59.1 Å². The van der Waals surface area contributed by atoms with Gasteiger partial charge in [0, 0.05) is 11.0 Å². The minimum Gasteiger partial charge on any atom is -0.505 e. The van der Waals surface area contributed by atoms with Crippen molar-refractivity contribution in [1.82, 2.24) is 15.0 Å². The van der Waals surface area contributed by atoms with Crippen molar-refractivity contribution in [3.63, 3.8) is 0 Å². The molecule has 4 rings (SSSR count). The van der Waals surface area contributed by atoms with Crippen LogP contribution in [0, 0.1) is 5.41 Å². The highest BCUT2D eigenvalue weighted by Crippen LogP contribution is 2.44. The van der Waals surface area contributed by atoms with Gasteiger partial charge in [-0.1, -0.05) is 130 Å². The molecule has 1 heterocycles. The number of rotatable bonds is 14. The first-order chi connectivity index (χ1) is 21.0. The fourth-order valence-corrected chi connectivity index (χ4v) is 8.03. The van der Waals surface area contributed by atoms with Crippen LogP contribution in [-0.2, 0) is 20.7 Å². The number of unbranched alkanes of at least 4 members (excludes halogenated alkanes) is 6. The van der Waals surface area contributed by atoms with Crippen LogP contribution in [0.5, 0.6) is 5.75 Å². The van der Waals surface area contributed by atoms with E-state index in [2.05, 4.69) is 73.6 Å². The molecular weight excluding hydrogens is 579 g/mol. The summed E-state index contributed by atoms with van der Waals surface area (Å²) in [6.45, 7) is 17.6. The maximum atomic E-state index is 13.2. The summed E-state index contributed by atoms with van der Waals surface area (Å²) < 4.78 is 26.4. The Morgan fingerprint density at radius 2 is 1.36 bits per heavy atom. The lowest BCUT2D eigenvalue weighted by atomic mass is 9.70. The summed E-state index contributed by atoms with van der Waals surface area (Å²) in [4.78, 5) is 1.73. The summed E-state index contributed by atoms with van der Waals surface area (Å²) in [5.41, 5.74) is 3.90. The Kier molecular flexibility index (Phi) is 10.5. The Hall–Kier alpha value is -3.19. The van der Waals surface area contributed by atoms with E-state index in [1.165, 1.54) is 24.1 Å². The van der Waals surface area contributed by atoms with Crippen LogP contribution < -0.4 is 0 Å². The SMILES string of the molecule is CCCCCCCCCS(=O)(=O)c1ccc2nn(-c3cc(C(C)(C)CC(C)(C)C)cc(C(C)(C)c4ccccc4)c3O)nc2c1. The van der Waals surface area contributed by atoms with E-state index in [0.717, 1.165) is 42.4 Å². The van der Waals surface area contributed by atoms with Gasteiger partial charge in [0.2, 0.25) is 0 Å². The monoisotopic (exact) mass is 631 g/mol. The van der Waals surface area contributed by atoms with E-state index in [1.807, 2.05) is 24.3 Å². The Bertz CT molecular complexity index is 1700. The Morgan fingerprint density at radius 1 is 0.733 bits per heavy atom. The number of hydrogen-bond donors (Lipinski definition) is 1. The molecule has 7 heteroatoms. The third-order valence-electron chi connectivity index (χ3n) is 8.96. The molecule has 0 aliphatic heterocycles. The molecule has 0 radical (unpaired) electrons. The lowest BCUT2D eigenvalue weighted by Crippen LogP contribution is -2.27. The number of hydrogen-bond acceptors (Lipinski definition) is 5. The van der Waals surface area contributed by atoms with Crippen molar-refractivity contribution in [1.29, 1.82) is 0 Å². The molecule has 1 N–H and O–H groups in total. The van der Waals surface area contributed by atoms with E-state index in [0.29, 0.717) is 23.1 Å². The zero-order valence-corrected chi connectivity index (χ0v) is 29.5. The van der Waals surface area contributed by atoms with Gasteiger partial charge >= 0.3 is 0 Å². The zero-order chi connectivity index (χ0) is 33.0. The number of phenolic OH excluding ortho intramolecular Hbond substituents is 1. The molecule has 0 spiro atoms. The summed E-state index contributed by atoms with van der Waals surface area (Å²) in [6.07, 6.45) is 8.40. The van der Waals surface area contributed by atoms with E-state index in [9.17, 15) is 13.5 Å². The largest absolute Gasteiger partial charge is 0.505 e. The molecule has 0 saturated heterocycles. The molecule has 4 aromatic rings. The zero-order valence-electron chi connectivity index (χ0n) is 28.7. The number of phenols is 1. The topological polar surface area (TPSA) is 85.1 Å². The van der Waals surface area contributed by atoms with Crippen LogP contribution in [-0.4, -0.2) is 34.3 Å². The second-order valence-electron chi connectivity index (χ2n) is 15.1. The Labute approximate surface area is 271 Å². The van der Waals surface area contributed by atoms with Gasteiger partial charge in [-0.2, -0.15) is 0 Å². The summed E-state index contributed by atoms with van der Waals surface area (Å²) in [7, 11) is -3.44. The van der Waals surface area contributed by atoms with Gasteiger partial charge in [0.1, 0.15) is 22.5 Å². The molecule has 0 aliphatic carbocycles. The lowest BCUT2D eigenvalue weighted by Gasteiger charge is -2.35. The van der Waals surface area contributed by atoms with Crippen LogP contribution in [0.4, 0.5) is 0 Å². The standard InChI is InChI=1S/C38H53N3O3S/c1-9-10-11-12-13-14-18-23-45(43,44)30-21-22-32-33(26-30)40-41(39-32)34-25-29(37(5,6)27-36(2,3)4)24-31(35(34)42)38(7,8)28-19-16-15-17-20-28/h15-17,19-22,24-26,42H,9-14,18,23,27H2,1-8H3. The third-order valence-corrected chi connectivity index (χ3v) is 10.8. The predicted molar refractivity (Wildman–Crippen MR) is 186 cm³/mol. The maximum absolute atomic E-state index is 13.2. The molecule has 3 aromatic carbocycles. The molecule has 0 atom stereocenters. The van der Waals surface area contributed by atoms with E-state index >= 15 is 0 Å². The molecule has 6 nitrogen and oxygen atoms in total. The molecule has 0 saturated carbocycles. The fourth-order valence-electron chi connectivity index (χ4n) is 6.64. The first kappa shape index (κ1) is 34.7. The minimum atomic E-state index is -3.44. The van der Waals surface area contributed by atoms with Crippen LogP contribution in [0.15, 0.2) is 65.6 Å². The van der Waals surface area contributed by atoms with Crippen LogP contribution in [0.2, 0.25) is 0 Å². The van der Waals surface area contributed by atoms with Gasteiger partial charge in [0.15, 0.2) is 9.84 Å². The molecule has 0 aliphatic rings. The first-order valence-corrected chi connectivity index (χ1v) is 18.2. The smallest absolute Gasteiger partial charge is 0.178 e. The number of benzene rings is 3. The molecule has 45 heavy (non-hydrogen) atoms. The van der Waals surface area contributed by atoms with Gasteiger partial charge in [-0.25, -0.2) is 8.42 Å². The molecule has 0 bridgehead atoms. The van der Waals surface area contributed by atoms with E-state index in [-0.39, 0.29) is 27.2 Å². The van der Waals surface area contributed by atoms with Crippen LogP contribution >= 0.6 is 0 Å². The molecule has 0 fully saturated rings. The third kappa shape index (κ3) is 8.35. The highest BCUT2D eigenvalue weighted by Gasteiger charge is 2.34. The highest BCUT2D eigenvalue weighted by molar-refractivity contribution is 7.91. The van der Waals surface area contributed by atoms with Crippen molar-refractivity contribution < 1.29 is 13.5 Å². The molecule has 1 aromatic heterocycles. The van der Waals surface area contributed by atoms with E-state index < -0.39 is 15.3 Å². The Morgan fingerprint density at radius 3 is 2.00 bits per heavy atom. The minimum absolute atomic E-state index is 0.0895. The molecule has 0 amide bonds. The van der Waals surface area contributed by atoms with Crippen molar-refractivity contribution >= 4 is 20.9 Å². The average Bonchev–Trinajstić information content (AvgIpc) is 3.39. The molecular formula is C38H53N3O3S. The van der Waals surface area contributed by atoms with Gasteiger partial charge in [0.25, 0.3) is 0 Å². The number of sulfone groups is 1. The summed E-state index contributed by atoms with van der Waals surface area (Å²) in [6, 6.07) is 19.3. The summed E-state index contributed by atoms with van der Waals surface area (Å²) >= 11 is 0. The van der Waals surface area contributed by atoms with Crippen molar-refractivity contribution in [2.24, 2.45) is 5.41 Å². The van der Waals surface area contributed by atoms with Crippen molar-refractivity contribution in [2.45, 2.75) is 122 Å². The van der Waals surface area contributed by atoms with Gasteiger partial charge in [-0.15, -0.1) is 15.0 Å². The van der Waals surface area contributed by atoms with Gasteiger partial charge in [0.05, 0.1) is 10.6 Å². The maximum Gasteiger partial charge on any atom is 0.178 e. The quantitative estimate of drug-likeness (QED) is 0.140. The summed E-state index contributed by atoms with van der Waals surface area (Å²) in [5.74, 6) is 0.246. The van der Waals surface area contributed by atoms with Crippen LogP contribution in [0.25, 0.3) is 16.7 Å². The number of aromatic hydroxyl groups is 1. The predicted octanol–water partition coefficient (Wildman–Crippen LogP) is 9.69. The van der Waals surface area contributed by atoms with Gasteiger partial charge < -0.3 is 5.11 Å². The average molecular weight is 632 g/mol. The first-order valence-electron chi connectivity index (χ1n) is 16.6. The normalized spacial score (nSPS) is 13.1. The lowest BCUT2D eigenvalue weighted by molar-refractivity contribution is 0.283. The number of aromatic nitrogens is 3. The molecule has 0 unspecified atom stereocenters. The van der Waals surface area contributed by atoms with Crippen LogP contribution in [0.1, 0.15) is 123 Å². The van der Waals surface area contributed by atoms with E-state index in [4.69, 9.17) is 10.2 Å². The highest BCUT2D eigenvalue weighted by atomic mass is 32.2. The second kappa shape index (κ2) is 13.7. The van der Waals surface area contributed by atoms with Crippen LogP contribution in [0.3, 0.4) is 0 Å². The second-order valence-corrected chi connectivity index (χ2v) is 17.2. The van der Waals surface area contributed by atoms with E-state index in [1.54, 1.807) is 18.2 Å². The number of fused-ring (bicyclic) bond motifs is 1. The van der Waals surface area contributed by atoms with Gasteiger partial charge in [-0.3, -0.25) is 0 Å². The summed E-state index contributed by atoms with van der Waals surface area (Å²) in [5, 5.41) is 21.3. The number of nitrogens with zero attached hydrogens (tertiary/aromatic N) is 3. The Balaban J connectivity index is 1.73. The fraction of sp³-hybridized carbons (Fsp3) is 0.526. The molecule has 244 valence electrons. The van der Waals surface area contributed by atoms with Crippen molar-refractivity contribution in [2.75, 3.05) is 5.75 Å². The van der Waals surface area contributed by atoms with Crippen molar-refractivity contribution in [3.8, 4) is 11.4 Å². The van der Waals surface area contributed by atoms with Crippen molar-refractivity contribution in [3.05, 3.63) is 77.4 Å².